The molecule has 1 heterocycles. The smallest absolute Gasteiger partial charge is 0.215 e. The number of nitrogens with one attached hydrogen (secondary N) is 1. The maximum Gasteiger partial charge on any atom is 0.215 e. The number of hydrogen-bond acceptors (Lipinski definition) is 4. The molecule has 1 rings (SSSR count). The molecule has 1 N–H and O–H groups in total. The van der Waals surface area contributed by atoms with Gasteiger partial charge in [0.1, 0.15) is 0 Å². The molecule has 108 valence electrons. The average molecular weight is 285 g/mol. The molecule has 1 aromatic heterocycles. The van der Waals surface area contributed by atoms with Crippen LogP contribution in [0.25, 0.3) is 0 Å². The van der Waals surface area contributed by atoms with Crippen molar-refractivity contribution in [1.29, 1.82) is 0 Å². The van der Waals surface area contributed by atoms with E-state index in [0.29, 0.717) is 19.6 Å². The molecule has 0 fully saturated rings. The van der Waals surface area contributed by atoms with E-state index in [9.17, 15) is 8.42 Å². The highest BCUT2D eigenvalue weighted by molar-refractivity contribution is 7.89. The van der Waals surface area contributed by atoms with E-state index in [1.807, 2.05) is 25.1 Å². The molecular weight excluding hydrogens is 262 g/mol. The van der Waals surface area contributed by atoms with Gasteiger partial charge in [0.15, 0.2) is 0 Å². The largest absolute Gasteiger partial charge is 0.316 e. The Hall–Kier alpha value is -0.980. The van der Waals surface area contributed by atoms with Crippen molar-refractivity contribution in [3.8, 4) is 0 Å². The van der Waals surface area contributed by atoms with E-state index in [-0.39, 0.29) is 5.75 Å². The summed E-state index contributed by atoms with van der Waals surface area (Å²) in [6, 6.07) is 5.53. The van der Waals surface area contributed by atoms with Gasteiger partial charge in [-0.3, -0.25) is 4.98 Å². The summed E-state index contributed by atoms with van der Waals surface area (Å²) >= 11 is 0. The van der Waals surface area contributed by atoms with Crippen LogP contribution >= 0.6 is 0 Å². The molecule has 0 saturated heterocycles. The van der Waals surface area contributed by atoms with Crippen molar-refractivity contribution >= 4 is 10.0 Å². The first-order valence-corrected chi connectivity index (χ1v) is 8.29. The summed E-state index contributed by atoms with van der Waals surface area (Å²) in [5.41, 5.74) is 0.773. The number of pyridine rings is 1. The topological polar surface area (TPSA) is 62.3 Å². The van der Waals surface area contributed by atoms with Gasteiger partial charge in [0.05, 0.1) is 18.0 Å². The quantitative estimate of drug-likeness (QED) is 0.693. The lowest BCUT2D eigenvalue weighted by Crippen LogP contribution is -2.36. The van der Waals surface area contributed by atoms with E-state index in [1.165, 1.54) is 4.31 Å². The van der Waals surface area contributed by atoms with Crippen LogP contribution in [0, 0.1) is 0 Å². The summed E-state index contributed by atoms with van der Waals surface area (Å²) in [5, 5.41) is 3.11. The molecule has 0 aliphatic carbocycles. The van der Waals surface area contributed by atoms with Gasteiger partial charge in [-0.05, 0) is 25.1 Å². The van der Waals surface area contributed by atoms with Crippen LogP contribution in [-0.4, -0.2) is 43.1 Å². The van der Waals surface area contributed by atoms with E-state index in [0.717, 1.165) is 18.7 Å². The van der Waals surface area contributed by atoms with Crippen LogP contribution in [0.3, 0.4) is 0 Å². The summed E-state index contributed by atoms with van der Waals surface area (Å²) in [5.74, 6) is 0.133. The minimum atomic E-state index is -3.22. The van der Waals surface area contributed by atoms with Crippen molar-refractivity contribution in [2.24, 2.45) is 0 Å². The van der Waals surface area contributed by atoms with Gasteiger partial charge in [-0.25, -0.2) is 8.42 Å². The molecule has 0 radical (unpaired) electrons. The van der Waals surface area contributed by atoms with Crippen molar-refractivity contribution in [1.82, 2.24) is 14.6 Å². The Balaban J connectivity index is 2.57. The summed E-state index contributed by atoms with van der Waals surface area (Å²) in [6.07, 6.45) is 2.68. The predicted octanol–water partition coefficient (Wildman–Crippen LogP) is 1.23. The molecule has 0 aromatic carbocycles. The highest BCUT2D eigenvalue weighted by Crippen LogP contribution is 2.07. The highest BCUT2D eigenvalue weighted by atomic mass is 32.2. The molecule has 0 aliphatic rings. The zero-order valence-corrected chi connectivity index (χ0v) is 12.5. The third-order valence-corrected chi connectivity index (χ3v) is 4.67. The van der Waals surface area contributed by atoms with Crippen molar-refractivity contribution < 1.29 is 8.42 Å². The Morgan fingerprint density at radius 3 is 2.63 bits per heavy atom. The molecular formula is C13H23N3O2S. The Kier molecular flexibility index (Phi) is 6.97. The van der Waals surface area contributed by atoms with Gasteiger partial charge >= 0.3 is 0 Å². The van der Waals surface area contributed by atoms with E-state index >= 15 is 0 Å². The van der Waals surface area contributed by atoms with Gasteiger partial charge in [-0.15, -0.1) is 0 Å². The first-order chi connectivity index (χ1) is 9.10. The lowest BCUT2D eigenvalue weighted by molar-refractivity contribution is 0.418. The number of aromatic nitrogens is 1. The fourth-order valence-electron chi connectivity index (χ4n) is 1.71. The number of rotatable bonds is 9. The normalized spacial score (nSPS) is 11.9. The minimum Gasteiger partial charge on any atom is -0.316 e. The first kappa shape index (κ1) is 16.1. The van der Waals surface area contributed by atoms with E-state index in [2.05, 4.69) is 17.2 Å². The fourth-order valence-corrected chi connectivity index (χ4v) is 3.09. The van der Waals surface area contributed by atoms with E-state index in [4.69, 9.17) is 0 Å². The molecule has 0 atom stereocenters. The Labute approximate surface area is 116 Å². The zero-order chi connectivity index (χ0) is 14.1. The Morgan fingerprint density at radius 1 is 1.26 bits per heavy atom. The van der Waals surface area contributed by atoms with Crippen LogP contribution < -0.4 is 5.32 Å². The van der Waals surface area contributed by atoms with Crippen LogP contribution in [0.5, 0.6) is 0 Å². The maximum atomic E-state index is 12.2. The molecule has 19 heavy (non-hydrogen) atoms. The fraction of sp³-hybridized carbons (Fsp3) is 0.615. The van der Waals surface area contributed by atoms with Gasteiger partial charge in [0.2, 0.25) is 10.0 Å². The maximum absolute atomic E-state index is 12.2. The van der Waals surface area contributed by atoms with Gasteiger partial charge in [0, 0.05) is 19.3 Å². The molecule has 0 bridgehead atoms. The van der Waals surface area contributed by atoms with Crippen LogP contribution in [-0.2, 0) is 16.6 Å². The van der Waals surface area contributed by atoms with E-state index < -0.39 is 10.0 Å². The molecule has 0 amide bonds. The van der Waals surface area contributed by atoms with Gasteiger partial charge in [-0.2, -0.15) is 4.31 Å². The molecule has 0 aliphatic heterocycles. The van der Waals surface area contributed by atoms with Crippen LogP contribution in [0.2, 0.25) is 0 Å². The Morgan fingerprint density at radius 2 is 2.05 bits per heavy atom. The second kappa shape index (κ2) is 8.24. The molecule has 0 saturated carbocycles. The standard InChI is InChI=1S/C13H23N3O2S/c1-3-8-14-10-11-19(17,18)16(4-2)12-13-7-5-6-9-15-13/h5-7,9,14H,3-4,8,10-12H2,1-2H3. The molecule has 6 heteroatoms. The predicted molar refractivity (Wildman–Crippen MR) is 77.3 cm³/mol. The SMILES string of the molecule is CCCNCCS(=O)(=O)N(CC)Cc1ccccn1. The highest BCUT2D eigenvalue weighted by Gasteiger charge is 2.20. The summed E-state index contributed by atoms with van der Waals surface area (Å²) < 4.78 is 25.9. The lowest BCUT2D eigenvalue weighted by Gasteiger charge is -2.20. The molecule has 1 aromatic rings. The third kappa shape index (κ3) is 5.67. The van der Waals surface area contributed by atoms with Crippen molar-refractivity contribution in [3.63, 3.8) is 0 Å². The molecule has 0 unspecified atom stereocenters. The van der Waals surface area contributed by atoms with Gasteiger partial charge < -0.3 is 5.32 Å². The van der Waals surface area contributed by atoms with E-state index in [1.54, 1.807) is 6.20 Å². The molecule has 0 spiro atoms. The van der Waals surface area contributed by atoms with Crippen LogP contribution in [0.4, 0.5) is 0 Å². The first-order valence-electron chi connectivity index (χ1n) is 6.68. The summed E-state index contributed by atoms with van der Waals surface area (Å²) in [4.78, 5) is 4.17. The second-order valence-electron chi connectivity index (χ2n) is 4.31. The van der Waals surface area contributed by atoms with Crippen LogP contribution in [0.15, 0.2) is 24.4 Å². The van der Waals surface area contributed by atoms with Crippen molar-refractivity contribution in [3.05, 3.63) is 30.1 Å². The average Bonchev–Trinajstić information content (AvgIpc) is 2.42. The monoisotopic (exact) mass is 285 g/mol. The van der Waals surface area contributed by atoms with Gasteiger partial charge in [-0.1, -0.05) is 19.9 Å². The Bertz CT molecular complexity index is 448. The summed E-state index contributed by atoms with van der Waals surface area (Å²) in [7, 11) is -3.22. The third-order valence-electron chi connectivity index (χ3n) is 2.77. The second-order valence-corrected chi connectivity index (χ2v) is 6.40. The minimum absolute atomic E-state index is 0.133. The van der Waals surface area contributed by atoms with Crippen LogP contribution in [0.1, 0.15) is 26.0 Å². The number of hydrogen-bond donors (Lipinski definition) is 1. The number of sulfonamides is 1. The lowest BCUT2D eigenvalue weighted by atomic mass is 10.3. The van der Waals surface area contributed by atoms with Gasteiger partial charge in [0.25, 0.3) is 0 Å². The number of nitrogens with zero attached hydrogens (tertiary/aromatic N) is 2. The molecule has 5 nitrogen and oxygen atoms in total. The van der Waals surface area contributed by atoms with Crippen molar-refractivity contribution in [2.75, 3.05) is 25.4 Å². The summed E-state index contributed by atoms with van der Waals surface area (Å²) in [6.45, 7) is 6.05. The zero-order valence-electron chi connectivity index (χ0n) is 11.7. The van der Waals surface area contributed by atoms with Crippen molar-refractivity contribution in [2.45, 2.75) is 26.8 Å².